The van der Waals surface area contributed by atoms with E-state index in [1.54, 1.807) is 0 Å². The number of hydrogen-bond donors (Lipinski definition) is 1. The predicted octanol–water partition coefficient (Wildman–Crippen LogP) is 0.815. The second-order valence-electron chi connectivity index (χ2n) is 3.87. The van der Waals surface area contributed by atoms with Crippen molar-refractivity contribution in [3.63, 3.8) is 0 Å². The summed E-state index contributed by atoms with van der Waals surface area (Å²) in [6, 6.07) is 0. The van der Waals surface area contributed by atoms with Gasteiger partial charge in [0, 0.05) is 25.0 Å². The van der Waals surface area contributed by atoms with Gasteiger partial charge in [-0.2, -0.15) is 0 Å². The van der Waals surface area contributed by atoms with Gasteiger partial charge in [-0.05, 0) is 25.6 Å². The van der Waals surface area contributed by atoms with E-state index in [9.17, 15) is 0 Å². The fourth-order valence-electron chi connectivity index (χ4n) is 2.24. The highest BCUT2D eigenvalue weighted by Crippen LogP contribution is 2.36. The molecule has 11 heavy (non-hydrogen) atoms. The second-order valence-corrected chi connectivity index (χ2v) is 3.87. The van der Waals surface area contributed by atoms with E-state index in [0.29, 0.717) is 5.41 Å². The zero-order valence-electron chi connectivity index (χ0n) is 6.97. The molecule has 1 N–H and O–H groups in total. The Morgan fingerprint density at radius 2 is 2.27 bits per heavy atom. The van der Waals surface area contributed by atoms with Crippen molar-refractivity contribution in [2.24, 2.45) is 5.41 Å². The summed E-state index contributed by atoms with van der Waals surface area (Å²) < 4.78 is 0. The number of hydrogen-bond acceptors (Lipinski definition) is 2. The highest BCUT2D eigenvalue weighted by molar-refractivity contribution is 5.01. The zero-order chi connectivity index (χ0) is 7.73. The number of likely N-dealkylation sites (tertiary alicyclic amines) is 1. The minimum Gasteiger partial charge on any atom is -0.377 e. The summed E-state index contributed by atoms with van der Waals surface area (Å²) in [4.78, 5) is 2.30. The van der Waals surface area contributed by atoms with Crippen molar-refractivity contribution in [2.45, 2.75) is 12.8 Å². The van der Waals surface area contributed by atoms with E-state index < -0.39 is 0 Å². The summed E-state index contributed by atoms with van der Waals surface area (Å²) in [5.41, 5.74) is 0.617. The molecule has 0 aromatic heterocycles. The SMILES string of the molecule is C=CN1CC2(CCCNC2)C1. The normalized spacial score (nSPS) is 28.2. The van der Waals surface area contributed by atoms with E-state index in [4.69, 9.17) is 0 Å². The first-order valence-corrected chi connectivity index (χ1v) is 4.42. The van der Waals surface area contributed by atoms with Gasteiger partial charge >= 0.3 is 0 Å². The minimum atomic E-state index is 0.617. The second kappa shape index (κ2) is 2.52. The molecule has 0 aliphatic carbocycles. The Balaban J connectivity index is 1.88. The Hall–Kier alpha value is -0.500. The Kier molecular flexibility index (Phi) is 1.64. The molecule has 2 heterocycles. The molecule has 0 aromatic carbocycles. The van der Waals surface area contributed by atoms with Crippen LogP contribution in [0.25, 0.3) is 0 Å². The van der Waals surface area contributed by atoms with E-state index in [1.165, 1.54) is 39.0 Å². The standard InChI is InChI=1S/C9H16N2/c1-2-11-7-9(8-11)4-3-5-10-6-9/h2,10H,1,3-8H2. The minimum absolute atomic E-state index is 0.617. The molecular formula is C9H16N2. The van der Waals surface area contributed by atoms with E-state index in [1.807, 2.05) is 6.20 Å². The maximum atomic E-state index is 3.77. The Bertz CT molecular complexity index is 151. The fourth-order valence-corrected chi connectivity index (χ4v) is 2.24. The molecule has 2 aliphatic rings. The van der Waals surface area contributed by atoms with Crippen LogP contribution in [0.4, 0.5) is 0 Å². The van der Waals surface area contributed by atoms with Gasteiger partial charge in [0.25, 0.3) is 0 Å². The van der Waals surface area contributed by atoms with Crippen LogP contribution in [0.1, 0.15) is 12.8 Å². The Labute approximate surface area is 68.3 Å². The van der Waals surface area contributed by atoms with E-state index in [2.05, 4.69) is 16.8 Å². The molecule has 2 aliphatic heterocycles. The molecular weight excluding hydrogens is 136 g/mol. The summed E-state index contributed by atoms with van der Waals surface area (Å²) in [6.07, 6.45) is 4.72. The molecule has 2 fully saturated rings. The van der Waals surface area contributed by atoms with E-state index >= 15 is 0 Å². The molecule has 2 rings (SSSR count). The van der Waals surface area contributed by atoms with Gasteiger partial charge in [0.1, 0.15) is 0 Å². The summed E-state index contributed by atoms with van der Waals surface area (Å²) in [5.74, 6) is 0. The lowest BCUT2D eigenvalue weighted by molar-refractivity contribution is 0.0179. The smallest absolute Gasteiger partial charge is 0.0258 e. The van der Waals surface area contributed by atoms with Gasteiger partial charge in [0.15, 0.2) is 0 Å². The van der Waals surface area contributed by atoms with Crippen LogP contribution >= 0.6 is 0 Å². The summed E-state index contributed by atoms with van der Waals surface area (Å²) in [7, 11) is 0. The monoisotopic (exact) mass is 152 g/mol. The van der Waals surface area contributed by atoms with Crippen molar-refractivity contribution in [2.75, 3.05) is 26.2 Å². The number of rotatable bonds is 1. The van der Waals surface area contributed by atoms with Gasteiger partial charge in [-0.25, -0.2) is 0 Å². The van der Waals surface area contributed by atoms with Gasteiger partial charge in [0.05, 0.1) is 0 Å². The number of piperidine rings is 1. The predicted molar refractivity (Wildman–Crippen MR) is 46.3 cm³/mol. The quantitative estimate of drug-likeness (QED) is 0.598. The maximum absolute atomic E-state index is 3.77. The maximum Gasteiger partial charge on any atom is 0.0258 e. The van der Waals surface area contributed by atoms with Crippen LogP contribution in [0.5, 0.6) is 0 Å². The van der Waals surface area contributed by atoms with Crippen molar-refractivity contribution in [1.82, 2.24) is 10.2 Å². The Morgan fingerprint density at radius 1 is 1.45 bits per heavy atom. The largest absolute Gasteiger partial charge is 0.377 e. The highest BCUT2D eigenvalue weighted by Gasteiger charge is 2.41. The first kappa shape index (κ1) is 7.17. The first-order chi connectivity index (χ1) is 5.35. The summed E-state index contributed by atoms with van der Waals surface area (Å²) in [5, 5.41) is 3.46. The molecule has 0 aromatic rings. The van der Waals surface area contributed by atoms with Crippen molar-refractivity contribution in [3.05, 3.63) is 12.8 Å². The van der Waals surface area contributed by atoms with Crippen molar-refractivity contribution in [1.29, 1.82) is 0 Å². The molecule has 0 bridgehead atoms. The molecule has 2 nitrogen and oxygen atoms in total. The van der Waals surface area contributed by atoms with Gasteiger partial charge in [-0.3, -0.25) is 0 Å². The van der Waals surface area contributed by atoms with Gasteiger partial charge < -0.3 is 10.2 Å². The molecule has 62 valence electrons. The lowest BCUT2D eigenvalue weighted by atomic mass is 9.74. The van der Waals surface area contributed by atoms with E-state index in [-0.39, 0.29) is 0 Å². The average molecular weight is 152 g/mol. The van der Waals surface area contributed by atoms with E-state index in [0.717, 1.165) is 0 Å². The molecule has 0 atom stereocenters. The van der Waals surface area contributed by atoms with Crippen LogP contribution in [0.15, 0.2) is 12.8 Å². The molecule has 0 saturated carbocycles. The third-order valence-electron chi connectivity index (χ3n) is 2.90. The average Bonchev–Trinajstić information content (AvgIpc) is 2.01. The van der Waals surface area contributed by atoms with Gasteiger partial charge in [-0.1, -0.05) is 6.58 Å². The molecule has 0 unspecified atom stereocenters. The van der Waals surface area contributed by atoms with Crippen molar-refractivity contribution in [3.8, 4) is 0 Å². The van der Waals surface area contributed by atoms with Crippen molar-refractivity contribution >= 4 is 0 Å². The van der Waals surface area contributed by atoms with Crippen LogP contribution in [-0.2, 0) is 0 Å². The van der Waals surface area contributed by atoms with Crippen LogP contribution in [0.2, 0.25) is 0 Å². The van der Waals surface area contributed by atoms with Gasteiger partial charge in [0.2, 0.25) is 0 Å². The topological polar surface area (TPSA) is 15.3 Å². The zero-order valence-corrected chi connectivity index (χ0v) is 6.97. The van der Waals surface area contributed by atoms with Crippen LogP contribution in [0.3, 0.4) is 0 Å². The summed E-state index contributed by atoms with van der Waals surface area (Å²) in [6.45, 7) is 8.66. The molecule has 2 heteroatoms. The third kappa shape index (κ3) is 1.16. The van der Waals surface area contributed by atoms with Crippen LogP contribution < -0.4 is 5.32 Å². The van der Waals surface area contributed by atoms with Crippen molar-refractivity contribution < 1.29 is 0 Å². The molecule has 1 spiro atoms. The van der Waals surface area contributed by atoms with Gasteiger partial charge in [-0.15, -0.1) is 0 Å². The third-order valence-corrected chi connectivity index (χ3v) is 2.90. The number of nitrogens with zero attached hydrogens (tertiary/aromatic N) is 1. The highest BCUT2D eigenvalue weighted by atomic mass is 15.2. The molecule has 2 saturated heterocycles. The summed E-state index contributed by atoms with van der Waals surface area (Å²) >= 11 is 0. The molecule has 0 amide bonds. The lowest BCUT2D eigenvalue weighted by Gasteiger charge is -2.52. The van der Waals surface area contributed by atoms with Crippen LogP contribution in [-0.4, -0.2) is 31.1 Å². The lowest BCUT2D eigenvalue weighted by Crippen LogP contribution is -2.60. The molecule has 0 radical (unpaired) electrons. The van der Waals surface area contributed by atoms with Crippen LogP contribution in [0, 0.1) is 5.41 Å². The number of nitrogens with one attached hydrogen (secondary N) is 1. The fraction of sp³-hybridized carbons (Fsp3) is 0.778. The Morgan fingerprint density at radius 3 is 2.82 bits per heavy atom. The first-order valence-electron chi connectivity index (χ1n) is 4.42.